The third kappa shape index (κ3) is 7.14. The molecule has 0 aliphatic rings. The highest BCUT2D eigenvalue weighted by Gasteiger charge is 2.21. The van der Waals surface area contributed by atoms with Gasteiger partial charge in [-0.2, -0.15) is 0 Å². The number of aliphatic carboxylic acids is 1. The van der Waals surface area contributed by atoms with E-state index in [1.54, 1.807) is 14.2 Å². The number of carboxylic acids is 1. The first-order valence-electron chi connectivity index (χ1n) is 12.1. The molecule has 0 saturated heterocycles. The first kappa shape index (κ1) is 29.6. The van der Waals surface area contributed by atoms with E-state index in [-0.39, 0.29) is 27.3 Å². The molecule has 0 unspecified atom stereocenters. The Morgan fingerprint density at radius 2 is 1.89 bits per heavy atom. The summed E-state index contributed by atoms with van der Waals surface area (Å²) in [6.45, 7) is 3.60. The van der Waals surface area contributed by atoms with E-state index in [1.165, 1.54) is 36.5 Å². The van der Waals surface area contributed by atoms with Crippen molar-refractivity contribution in [3.05, 3.63) is 68.0 Å². The SMILES string of the molecule is CCCCC[C@H](OC)c1cccc(-c2csc(NC(=O)c3cc(Cl)c(C=C(C)C(=O)O)c(Cl)c3)n2)c1OC. The molecule has 0 bridgehead atoms. The Morgan fingerprint density at radius 3 is 2.50 bits per heavy atom. The van der Waals surface area contributed by atoms with Crippen molar-refractivity contribution in [3.63, 3.8) is 0 Å². The number of ether oxygens (including phenoxy) is 2. The lowest BCUT2D eigenvalue weighted by molar-refractivity contribution is -0.132. The molecule has 38 heavy (non-hydrogen) atoms. The number of carboxylic acid groups (broad SMARTS) is 1. The molecular weight excluding hydrogens is 547 g/mol. The van der Waals surface area contributed by atoms with Crippen LogP contribution in [0.15, 0.2) is 41.3 Å². The Kier molecular flexibility index (Phi) is 10.7. The number of anilines is 1. The zero-order valence-electron chi connectivity index (χ0n) is 21.6. The summed E-state index contributed by atoms with van der Waals surface area (Å²) in [6.07, 6.45) is 5.47. The number of carbonyl (C=O) groups excluding carboxylic acids is 1. The molecule has 0 saturated carbocycles. The number of unbranched alkanes of at least 4 members (excludes halogenated alkanes) is 2. The first-order chi connectivity index (χ1) is 18.2. The highest BCUT2D eigenvalue weighted by Crippen LogP contribution is 2.39. The third-order valence-corrected chi connectivity index (χ3v) is 7.37. The van der Waals surface area contributed by atoms with Gasteiger partial charge in [0.1, 0.15) is 5.75 Å². The Balaban J connectivity index is 1.84. The Bertz CT molecular complexity index is 1320. The molecule has 0 radical (unpaired) electrons. The highest BCUT2D eigenvalue weighted by molar-refractivity contribution is 7.14. The number of halogens is 2. The van der Waals surface area contributed by atoms with Gasteiger partial charge in [0.2, 0.25) is 0 Å². The van der Waals surface area contributed by atoms with Crippen LogP contribution in [0, 0.1) is 0 Å². The van der Waals surface area contributed by atoms with Gasteiger partial charge in [0.15, 0.2) is 5.13 Å². The summed E-state index contributed by atoms with van der Waals surface area (Å²) in [5.74, 6) is -0.843. The maximum Gasteiger partial charge on any atom is 0.331 e. The summed E-state index contributed by atoms with van der Waals surface area (Å²) in [5, 5.41) is 14.4. The number of para-hydroxylation sites is 1. The van der Waals surface area contributed by atoms with Gasteiger partial charge >= 0.3 is 5.97 Å². The molecule has 1 atom stereocenters. The van der Waals surface area contributed by atoms with Crippen molar-refractivity contribution in [2.75, 3.05) is 19.5 Å². The molecule has 1 heterocycles. The summed E-state index contributed by atoms with van der Waals surface area (Å²) in [5.41, 5.74) is 3.04. The molecular formula is C28H30Cl2N2O5S. The summed E-state index contributed by atoms with van der Waals surface area (Å²) in [7, 11) is 3.33. The predicted molar refractivity (Wildman–Crippen MR) is 154 cm³/mol. The van der Waals surface area contributed by atoms with Crippen molar-refractivity contribution in [2.24, 2.45) is 0 Å². The average molecular weight is 578 g/mol. The number of methoxy groups -OCH3 is 2. The molecule has 0 aliphatic heterocycles. The standard InChI is InChI=1S/C28H30Cl2N2O5S/c1-5-6-7-11-24(36-3)19-10-8-9-18(25(19)37-4)23-15-38-28(31-23)32-26(33)17-13-21(29)20(22(30)14-17)12-16(2)27(34)35/h8-10,12-15,24H,5-7,11H2,1-4H3,(H,34,35)(H,31,32,33)/t24-/m0/s1. The van der Waals surface area contributed by atoms with Crippen molar-refractivity contribution >= 4 is 57.6 Å². The first-order valence-corrected chi connectivity index (χ1v) is 13.7. The fraction of sp³-hybridized carbons (Fsp3) is 0.321. The van der Waals surface area contributed by atoms with E-state index in [9.17, 15) is 9.59 Å². The number of aromatic nitrogens is 1. The maximum atomic E-state index is 12.9. The van der Waals surface area contributed by atoms with Crippen LogP contribution in [0.4, 0.5) is 5.13 Å². The second kappa shape index (κ2) is 13.8. The normalized spacial score (nSPS) is 12.3. The molecule has 0 aliphatic carbocycles. The van der Waals surface area contributed by atoms with Crippen LogP contribution in [0.3, 0.4) is 0 Å². The van der Waals surface area contributed by atoms with Gasteiger partial charge < -0.3 is 14.6 Å². The largest absolute Gasteiger partial charge is 0.496 e. The van der Waals surface area contributed by atoms with Gasteiger partial charge in [-0.15, -0.1) is 11.3 Å². The molecule has 2 N–H and O–H groups in total. The fourth-order valence-electron chi connectivity index (χ4n) is 3.97. The number of hydrogen-bond donors (Lipinski definition) is 2. The number of nitrogens with zero attached hydrogens (tertiary/aromatic N) is 1. The van der Waals surface area contributed by atoms with Crippen LogP contribution in [0.25, 0.3) is 17.3 Å². The topological polar surface area (TPSA) is 97.8 Å². The number of carbonyl (C=O) groups is 2. The number of rotatable bonds is 12. The van der Waals surface area contributed by atoms with Crippen LogP contribution in [-0.4, -0.2) is 36.2 Å². The van der Waals surface area contributed by atoms with E-state index >= 15 is 0 Å². The van der Waals surface area contributed by atoms with Gasteiger partial charge in [-0.05, 0) is 37.6 Å². The number of benzene rings is 2. The van der Waals surface area contributed by atoms with Gasteiger partial charge in [-0.25, -0.2) is 9.78 Å². The van der Waals surface area contributed by atoms with Crippen molar-refractivity contribution in [1.82, 2.24) is 4.98 Å². The lowest BCUT2D eigenvalue weighted by atomic mass is 9.98. The summed E-state index contributed by atoms with van der Waals surface area (Å²) in [4.78, 5) is 28.7. The van der Waals surface area contributed by atoms with E-state index in [2.05, 4.69) is 17.2 Å². The Hall–Kier alpha value is -2.91. The molecule has 7 nitrogen and oxygen atoms in total. The van der Waals surface area contributed by atoms with Gasteiger partial charge in [0.05, 0.1) is 29.0 Å². The van der Waals surface area contributed by atoms with Crippen molar-refractivity contribution < 1.29 is 24.2 Å². The quantitative estimate of drug-likeness (QED) is 0.167. The number of nitrogens with one attached hydrogen (secondary N) is 1. The summed E-state index contributed by atoms with van der Waals surface area (Å²) < 4.78 is 11.6. The maximum absolute atomic E-state index is 12.9. The van der Waals surface area contributed by atoms with E-state index in [0.717, 1.165) is 36.8 Å². The number of hydrogen-bond acceptors (Lipinski definition) is 6. The second-order valence-corrected chi connectivity index (χ2v) is 10.3. The molecule has 202 valence electrons. The fourth-order valence-corrected chi connectivity index (χ4v) is 5.28. The molecule has 3 rings (SSSR count). The summed E-state index contributed by atoms with van der Waals surface area (Å²) >= 11 is 13.9. The molecule has 1 aromatic heterocycles. The van der Waals surface area contributed by atoms with E-state index < -0.39 is 11.9 Å². The summed E-state index contributed by atoms with van der Waals surface area (Å²) in [6, 6.07) is 8.75. The molecule has 2 aromatic carbocycles. The van der Waals surface area contributed by atoms with Crippen molar-refractivity contribution in [1.29, 1.82) is 0 Å². The second-order valence-electron chi connectivity index (χ2n) is 8.63. The highest BCUT2D eigenvalue weighted by atomic mass is 35.5. The monoisotopic (exact) mass is 576 g/mol. The molecule has 3 aromatic rings. The average Bonchev–Trinajstić information content (AvgIpc) is 3.36. The van der Waals surface area contributed by atoms with E-state index in [1.807, 2.05) is 23.6 Å². The smallest absolute Gasteiger partial charge is 0.331 e. The van der Waals surface area contributed by atoms with Gasteiger partial charge in [0, 0.05) is 40.3 Å². The van der Waals surface area contributed by atoms with Crippen LogP contribution < -0.4 is 10.1 Å². The molecule has 0 spiro atoms. The number of thiazole rings is 1. The van der Waals surface area contributed by atoms with Crippen LogP contribution in [0.5, 0.6) is 5.75 Å². The predicted octanol–water partition coefficient (Wildman–Crippen LogP) is 8.13. The van der Waals surface area contributed by atoms with E-state index in [0.29, 0.717) is 22.1 Å². The molecule has 0 fully saturated rings. The molecule has 1 amide bonds. The van der Waals surface area contributed by atoms with Crippen LogP contribution in [-0.2, 0) is 9.53 Å². The van der Waals surface area contributed by atoms with Crippen LogP contribution >= 0.6 is 34.5 Å². The van der Waals surface area contributed by atoms with Gasteiger partial charge in [-0.3, -0.25) is 10.1 Å². The number of amides is 1. The Morgan fingerprint density at radius 1 is 1.18 bits per heavy atom. The minimum Gasteiger partial charge on any atom is -0.496 e. The van der Waals surface area contributed by atoms with Crippen molar-refractivity contribution in [2.45, 2.75) is 45.6 Å². The van der Waals surface area contributed by atoms with Gasteiger partial charge in [0.25, 0.3) is 5.91 Å². The lowest BCUT2D eigenvalue weighted by Crippen LogP contribution is -2.12. The van der Waals surface area contributed by atoms with Crippen LogP contribution in [0.2, 0.25) is 10.0 Å². The van der Waals surface area contributed by atoms with E-state index in [4.69, 9.17) is 37.8 Å². The Labute approximate surface area is 236 Å². The van der Waals surface area contributed by atoms with Crippen LogP contribution in [0.1, 0.15) is 67.1 Å². The zero-order chi connectivity index (χ0) is 27.8. The lowest BCUT2D eigenvalue weighted by Gasteiger charge is -2.20. The van der Waals surface area contributed by atoms with Gasteiger partial charge in [-0.1, -0.05) is 61.5 Å². The zero-order valence-corrected chi connectivity index (χ0v) is 24.0. The van der Waals surface area contributed by atoms with Crippen molar-refractivity contribution in [3.8, 4) is 17.0 Å². The minimum atomic E-state index is -1.09. The molecule has 10 heteroatoms. The third-order valence-electron chi connectivity index (χ3n) is 5.99. The minimum absolute atomic E-state index is 0.0681.